The van der Waals surface area contributed by atoms with Gasteiger partial charge < -0.3 is 0 Å². The number of aromatic nitrogens is 3. The molecule has 2 aromatic rings. The summed E-state index contributed by atoms with van der Waals surface area (Å²) in [7, 11) is 0. The Morgan fingerprint density at radius 1 is 1.36 bits per heavy atom. The van der Waals surface area contributed by atoms with E-state index in [4.69, 9.17) is 0 Å². The molecule has 0 aliphatic carbocycles. The predicted octanol–water partition coefficient (Wildman–Crippen LogP) is 3.68. The van der Waals surface area contributed by atoms with Crippen molar-refractivity contribution in [1.82, 2.24) is 14.8 Å². The number of thiophene rings is 1. The van der Waals surface area contributed by atoms with Gasteiger partial charge in [0.2, 0.25) is 4.73 Å². The Hall–Kier alpha value is 0.280. The quantitative estimate of drug-likeness (QED) is 0.768. The van der Waals surface area contributed by atoms with E-state index in [1.807, 2.05) is 0 Å². The molecule has 2 heterocycles. The number of halogens is 3. The number of hydrogen-bond donors (Lipinski definition) is 0. The van der Waals surface area contributed by atoms with Crippen LogP contribution in [0.5, 0.6) is 0 Å². The van der Waals surface area contributed by atoms with Gasteiger partial charge in [0.05, 0.1) is 6.54 Å². The summed E-state index contributed by atoms with van der Waals surface area (Å²) in [5, 5.41) is 6.23. The molecule has 2 rings (SSSR count). The fraction of sp³-hybridized carbons (Fsp3) is 0.143. The van der Waals surface area contributed by atoms with Crippen molar-refractivity contribution >= 4 is 59.1 Å². The van der Waals surface area contributed by atoms with E-state index < -0.39 is 0 Å². The molecule has 0 unspecified atom stereocenters. The third-order valence-corrected chi connectivity index (χ3v) is 4.13. The summed E-state index contributed by atoms with van der Waals surface area (Å²) in [4.78, 5) is 5.32. The maximum Gasteiger partial charge on any atom is 0.218 e. The number of rotatable bonds is 2. The molecule has 0 aliphatic rings. The molecule has 3 nitrogen and oxygen atoms in total. The van der Waals surface area contributed by atoms with Crippen molar-refractivity contribution in [2.75, 3.05) is 0 Å². The van der Waals surface area contributed by atoms with Gasteiger partial charge in [0.15, 0.2) is 4.73 Å². The fourth-order valence-electron chi connectivity index (χ4n) is 0.982. The van der Waals surface area contributed by atoms with Crippen molar-refractivity contribution in [3.05, 3.63) is 30.3 Å². The van der Waals surface area contributed by atoms with Crippen LogP contribution in [0.2, 0.25) is 0 Å². The maximum atomic E-state index is 4.18. The Kier molecular flexibility index (Phi) is 3.41. The summed E-state index contributed by atoms with van der Waals surface area (Å²) in [5.74, 6) is 0. The second-order valence-electron chi connectivity index (χ2n) is 2.54. The summed E-state index contributed by atoms with van der Waals surface area (Å²) in [5.41, 5.74) is 0. The van der Waals surface area contributed by atoms with Gasteiger partial charge in [-0.05, 0) is 53.9 Å². The number of hydrogen-bond acceptors (Lipinski definition) is 3. The van der Waals surface area contributed by atoms with Crippen molar-refractivity contribution in [3.63, 3.8) is 0 Å². The molecule has 0 fully saturated rings. The number of nitrogens with zero attached hydrogens (tertiary/aromatic N) is 3. The lowest BCUT2D eigenvalue weighted by molar-refractivity contribution is 0.672. The largest absolute Gasteiger partial charge is 0.234 e. The highest BCUT2D eigenvalue weighted by atomic mass is 79.9. The first-order valence-corrected chi connectivity index (χ1v) is 6.90. The lowest BCUT2D eigenvalue weighted by atomic mass is 10.5. The van der Waals surface area contributed by atoms with Crippen LogP contribution in [0.25, 0.3) is 0 Å². The molecule has 14 heavy (non-hydrogen) atoms. The van der Waals surface area contributed by atoms with E-state index >= 15 is 0 Å². The normalized spacial score (nSPS) is 10.8. The van der Waals surface area contributed by atoms with E-state index in [9.17, 15) is 0 Å². The van der Waals surface area contributed by atoms with Gasteiger partial charge in [-0.15, -0.1) is 16.4 Å². The molecular weight excluding hydrogens is 398 g/mol. The molecule has 2 aromatic heterocycles. The summed E-state index contributed by atoms with van der Waals surface area (Å²) in [6, 6.07) is 2.08. The van der Waals surface area contributed by atoms with E-state index in [1.165, 1.54) is 4.88 Å². The molecule has 74 valence electrons. The third kappa shape index (κ3) is 2.44. The van der Waals surface area contributed by atoms with Crippen molar-refractivity contribution < 1.29 is 0 Å². The zero-order chi connectivity index (χ0) is 10.1. The van der Waals surface area contributed by atoms with E-state index in [0.29, 0.717) is 4.73 Å². The Bertz CT molecular complexity index is 451. The van der Waals surface area contributed by atoms with E-state index in [1.54, 1.807) is 16.0 Å². The molecule has 0 saturated heterocycles. The van der Waals surface area contributed by atoms with Crippen LogP contribution in [0.4, 0.5) is 0 Å². The summed E-state index contributed by atoms with van der Waals surface area (Å²) in [6.45, 7) is 0.732. The molecule has 0 amide bonds. The van der Waals surface area contributed by atoms with E-state index in [-0.39, 0.29) is 0 Å². The smallest absolute Gasteiger partial charge is 0.218 e. The van der Waals surface area contributed by atoms with Gasteiger partial charge in [-0.25, -0.2) is 4.68 Å². The lowest BCUT2D eigenvalue weighted by Crippen LogP contribution is -2.00. The molecule has 0 aliphatic heterocycles. The summed E-state index contributed by atoms with van der Waals surface area (Å²) >= 11 is 11.7. The highest BCUT2D eigenvalue weighted by molar-refractivity contribution is 9.11. The molecule has 0 atom stereocenters. The minimum Gasteiger partial charge on any atom is -0.234 e. The van der Waals surface area contributed by atoms with Gasteiger partial charge in [-0.1, -0.05) is 0 Å². The monoisotopic (exact) mass is 399 g/mol. The van der Waals surface area contributed by atoms with Crippen molar-refractivity contribution in [1.29, 1.82) is 0 Å². The van der Waals surface area contributed by atoms with Crippen molar-refractivity contribution in [3.8, 4) is 0 Å². The van der Waals surface area contributed by atoms with Crippen LogP contribution in [0, 0.1) is 0 Å². The topological polar surface area (TPSA) is 30.7 Å². The molecule has 0 N–H and O–H groups in total. The Morgan fingerprint density at radius 2 is 2.14 bits per heavy atom. The Balaban J connectivity index is 2.22. The van der Waals surface area contributed by atoms with Gasteiger partial charge in [-0.3, -0.25) is 0 Å². The lowest BCUT2D eigenvalue weighted by Gasteiger charge is -1.97. The van der Waals surface area contributed by atoms with Gasteiger partial charge in [-0.2, -0.15) is 4.98 Å². The molecule has 0 saturated carbocycles. The average molecular weight is 402 g/mol. The van der Waals surface area contributed by atoms with Crippen molar-refractivity contribution in [2.24, 2.45) is 0 Å². The first kappa shape index (κ1) is 10.8. The zero-order valence-electron chi connectivity index (χ0n) is 6.75. The van der Waals surface area contributed by atoms with E-state index in [2.05, 4.69) is 69.3 Å². The second kappa shape index (κ2) is 4.42. The van der Waals surface area contributed by atoms with Crippen LogP contribution in [-0.2, 0) is 6.54 Å². The van der Waals surface area contributed by atoms with Gasteiger partial charge in [0, 0.05) is 14.7 Å². The molecule has 0 radical (unpaired) electrons. The first-order valence-electron chi connectivity index (χ1n) is 3.64. The standard InChI is InChI=1S/C7H4Br3N3S/c8-4-1-5(14-3-4)2-13-7(10)11-6(9)12-13/h1,3H,2H2. The second-order valence-corrected chi connectivity index (χ2v) is 5.87. The van der Waals surface area contributed by atoms with Crippen molar-refractivity contribution in [2.45, 2.75) is 6.54 Å². The molecule has 7 heteroatoms. The Labute approximate surface area is 110 Å². The average Bonchev–Trinajstić information content (AvgIpc) is 2.61. The Morgan fingerprint density at radius 3 is 2.64 bits per heavy atom. The summed E-state index contributed by atoms with van der Waals surface area (Å²) in [6.07, 6.45) is 0. The maximum absolute atomic E-state index is 4.18. The minimum absolute atomic E-state index is 0.597. The third-order valence-electron chi connectivity index (χ3n) is 1.53. The molecular formula is C7H4Br3N3S. The van der Waals surface area contributed by atoms with Crippen LogP contribution in [0.3, 0.4) is 0 Å². The van der Waals surface area contributed by atoms with E-state index in [0.717, 1.165) is 15.8 Å². The van der Waals surface area contributed by atoms with Crippen LogP contribution in [0.15, 0.2) is 25.4 Å². The molecule has 0 spiro atoms. The first-order chi connectivity index (χ1) is 6.65. The van der Waals surface area contributed by atoms with Crippen LogP contribution < -0.4 is 0 Å². The molecule has 0 aromatic carbocycles. The predicted molar refractivity (Wildman–Crippen MR) is 66.5 cm³/mol. The van der Waals surface area contributed by atoms with Crippen LogP contribution in [-0.4, -0.2) is 14.8 Å². The van der Waals surface area contributed by atoms with Gasteiger partial charge >= 0.3 is 0 Å². The van der Waals surface area contributed by atoms with Gasteiger partial charge in [0.1, 0.15) is 0 Å². The highest BCUT2D eigenvalue weighted by Crippen LogP contribution is 2.22. The summed E-state index contributed by atoms with van der Waals surface area (Å²) < 4.78 is 4.23. The SMILES string of the molecule is Brc1csc(Cn2nc(Br)nc2Br)c1. The highest BCUT2D eigenvalue weighted by Gasteiger charge is 2.06. The molecule has 0 bridgehead atoms. The van der Waals surface area contributed by atoms with Crippen LogP contribution >= 0.6 is 59.1 Å². The fourth-order valence-corrected chi connectivity index (χ4v) is 3.38. The van der Waals surface area contributed by atoms with Gasteiger partial charge in [0.25, 0.3) is 0 Å². The van der Waals surface area contributed by atoms with Crippen LogP contribution in [0.1, 0.15) is 4.88 Å². The zero-order valence-corrected chi connectivity index (χ0v) is 12.3. The minimum atomic E-state index is 0.597.